The van der Waals surface area contributed by atoms with Gasteiger partial charge in [0.05, 0.1) is 58.3 Å². The molecule has 0 unspecified atom stereocenters. The van der Waals surface area contributed by atoms with E-state index in [9.17, 15) is 42.7 Å². The van der Waals surface area contributed by atoms with Crippen molar-refractivity contribution in [1.29, 1.82) is 5.26 Å². The van der Waals surface area contributed by atoms with Gasteiger partial charge in [0.15, 0.2) is 5.11 Å². The minimum absolute atomic E-state index is 0.0189. The first kappa shape index (κ1) is 52.0. The number of carbonyl (C=O) groups excluding carboxylic acids is 4. The first-order valence-electron chi connectivity index (χ1n) is 22.9. The minimum atomic E-state index is -4.81. The maximum Gasteiger partial charge on any atom is 0.417 e. The number of nitrogens with one attached hydrogen (secondary N) is 2. The van der Waals surface area contributed by atoms with Gasteiger partial charge in [-0.15, -0.1) is 11.3 Å². The van der Waals surface area contributed by atoms with Crippen molar-refractivity contribution < 1.29 is 46.9 Å². The minimum Gasteiger partial charge on any atom is -0.494 e. The number of aryl methyl sites for hydroxylation is 1. The average Bonchev–Trinajstić information content (AvgIpc) is 4.00. The number of ether oxygens (including phenoxy) is 2. The molecule has 1 aromatic heterocycles. The Morgan fingerprint density at radius 2 is 1.62 bits per heavy atom. The van der Waals surface area contributed by atoms with Crippen molar-refractivity contribution in [3.63, 3.8) is 0 Å². The predicted molar refractivity (Wildman–Crippen MR) is 267 cm³/mol. The summed E-state index contributed by atoms with van der Waals surface area (Å²) in [5.74, 6) is -0.939. The molecule has 3 heterocycles. The fourth-order valence-electron chi connectivity index (χ4n) is 8.46. The van der Waals surface area contributed by atoms with Crippen LogP contribution in [0.15, 0.2) is 96.5 Å². The first-order valence-corrected chi connectivity index (χ1v) is 24.2. The highest BCUT2D eigenvalue weighted by Gasteiger charge is 2.51. The number of halogens is 3. The Kier molecular flexibility index (Phi) is 15.5. The third-order valence-corrected chi connectivity index (χ3v) is 13.6. The number of β-amino-alcohol motifs (C(OH)–C–C–N with tert-alkyl or cyclic N) is 1. The van der Waals surface area contributed by atoms with Gasteiger partial charge in [-0.05, 0) is 123 Å². The molecule has 3 atom stereocenters. The number of aliphatic hydroxyl groups excluding tert-OH is 1. The van der Waals surface area contributed by atoms with Gasteiger partial charge >= 0.3 is 6.18 Å². The van der Waals surface area contributed by atoms with Gasteiger partial charge in [-0.1, -0.05) is 51.1 Å². The maximum absolute atomic E-state index is 14.2. The molecule has 2 saturated heterocycles. The van der Waals surface area contributed by atoms with Crippen molar-refractivity contribution >= 4 is 63.7 Å². The van der Waals surface area contributed by atoms with E-state index < -0.39 is 70.1 Å². The van der Waals surface area contributed by atoms with Gasteiger partial charge in [0, 0.05) is 30.8 Å². The largest absolute Gasteiger partial charge is 0.494 e. The predicted octanol–water partition coefficient (Wildman–Crippen LogP) is 8.59. The number of aliphatic hydroxyl groups is 1. The molecule has 0 spiro atoms. The molecule has 0 aliphatic carbocycles. The van der Waals surface area contributed by atoms with E-state index in [1.165, 1.54) is 11.0 Å². The molecule has 0 bridgehead atoms. The average molecular weight is 1010 g/mol. The van der Waals surface area contributed by atoms with Crippen LogP contribution in [0.4, 0.5) is 24.5 Å². The zero-order valence-electron chi connectivity index (χ0n) is 40.0. The van der Waals surface area contributed by atoms with Crippen molar-refractivity contribution in [2.75, 3.05) is 29.6 Å². The zero-order valence-corrected chi connectivity index (χ0v) is 41.6. The molecule has 14 nitrogen and oxygen atoms in total. The summed E-state index contributed by atoms with van der Waals surface area (Å²) in [4.78, 5) is 64.4. The Morgan fingerprint density at radius 3 is 2.24 bits per heavy atom. The smallest absolute Gasteiger partial charge is 0.417 e. The number of hydrogen-bond donors (Lipinski definition) is 3. The lowest BCUT2D eigenvalue weighted by Crippen LogP contribution is -2.57. The number of nitrogens with zero attached hydrogens (tertiary/aromatic N) is 5. The molecule has 0 saturated carbocycles. The summed E-state index contributed by atoms with van der Waals surface area (Å²) < 4.78 is 53.2. The third kappa shape index (κ3) is 11.7. The highest BCUT2D eigenvalue weighted by molar-refractivity contribution is 7.81. The Hall–Kier alpha value is -6.88. The third-order valence-electron chi connectivity index (χ3n) is 12.3. The quantitative estimate of drug-likeness (QED) is 0.0637. The van der Waals surface area contributed by atoms with Crippen LogP contribution in [-0.2, 0) is 27.1 Å². The van der Waals surface area contributed by atoms with Gasteiger partial charge in [0.2, 0.25) is 11.8 Å². The molecule has 3 N–H and O–H groups in total. The second-order valence-corrected chi connectivity index (χ2v) is 20.2. The molecule has 372 valence electrons. The molecule has 0 radical (unpaired) electrons. The summed E-state index contributed by atoms with van der Waals surface area (Å²) in [5.41, 5.74) is 1.60. The monoisotopic (exact) mass is 1010 g/mol. The van der Waals surface area contributed by atoms with Crippen molar-refractivity contribution in [2.45, 2.75) is 97.3 Å². The van der Waals surface area contributed by atoms with E-state index in [0.29, 0.717) is 43.2 Å². The number of alkyl halides is 3. The van der Waals surface area contributed by atoms with Crippen LogP contribution < -0.4 is 29.9 Å². The van der Waals surface area contributed by atoms with E-state index >= 15 is 0 Å². The summed E-state index contributed by atoms with van der Waals surface area (Å²) in [6.45, 7) is 11.5. The zero-order chi connectivity index (χ0) is 51.4. The van der Waals surface area contributed by atoms with E-state index in [0.717, 1.165) is 38.7 Å². The van der Waals surface area contributed by atoms with Gasteiger partial charge in [-0.25, -0.2) is 4.98 Å². The van der Waals surface area contributed by atoms with Crippen LogP contribution in [0.2, 0.25) is 0 Å². The van der Waals surface area contributed by atoms with Crippen LogP contribution in [0.3, 0.4) is 0 Å². The summed E-state index contributed by atoms with van der Waals surface area (Å²) in [6.07, 6.45) is -4.45. The fraction of sp³-hybridized carbons (Fsp3) is 0.365. The van der Waals surface area contributed by atoms with E-state index in [1.54, 1.807) is 90.2 Å². The number of carbonyl (C=O) groups is 4. The van der Waals surface area contributed by atoms with Crippen LogP contribution in [0.5, 0.6) is 11.5 Å². The van der Waals surface area contributed by atoms with Crippen molar-refractivity contribution in [3.05, 3.63) is 124 Å². The van der Waals surface area contributed by atoms with Gasteiger partial charge in [-0.3, -0.25) is 24.1 Å². The number of benzene rings is 4. The highest BCUT2D eigenvalue weighted by atomic mass is 32.1. The summed E-state index contributed by atoms with van der Waals surface area (Å²) >= 11 is 7.19. The SMILES string of the molecule is Cc1ncsc1-c1ccc(CNC(=O)[C@@H]2C[C@@H](O)CN2C(=O)[C@@H](NC(=O)c2cccc(OCCCCOc3ccc(N4C(=S)N(c5ccc(C#N)c(C(F)(F)F)c5)C(=O)C4(C)C)cc3)c2)C(C)(C)C)cc1. The van der Waals surface area contributed by atoms with Gasteiger partial charge in [0.1, 0.15) is 29.1 Å². The van der Waals surface area contributed by atoms with Crippen molar-refractivity contribution in [2.24, 2.45) is 5.41 Å². The maximum atomic E-state index is 14.2. The molecule has 5 aromatic rings. The number of thiocarbonyl (C=S) groups is 1. The number of nitriles is 1. The fourth-order valence-corrected chi connectivity index (χ4v) is 9.79. The topological polar surface area (TPSA) is 177 Å². The number of unbranched alkanes of at least 4 members (excludes halogenated alkanes) is 1. The molecule has 2 aliphatic heterocycles. The molecule has 7 rings (SSSR count). The second kappa shape index (κ2) is 21.2. The number of thiazole rings is 1. The Morgan fingerprint density at radius 1 is 0.958 bits per heavy atom. The lowest BCUT2D eigenvalue weighted by Gasteiger charge is -2.35. The highest BCUT2D eigenvalue weighted by Crippen LogP contribution is 2.40. The normalized spacial score (nSPS) is 17.2. The van der Waals surface area contributed by atoms with Crippen LogP contribution in [0, 0.1) is 23.7 Å². The first-order chi connectivity index (χ1) is 33.6. The molecular formula is C52H54F3N7O7S2. The molecule has 2 fully saturated rings. The number of aromatic nitrogens is 1. The van der Waals surface area contributed by atoms with Crippen LogP contribution in [-0.4, -0.2) is 87.2 Å². The van der Waals surface area contributed by atoms with Gasteiger partial charge < -0.3 is 35.0 Å². The number of hydrogen-bond acceptors (Lipinski definition) is 11. The van der Waals surface area contributed by atoms with Gasteiger partial charge in [0.25, 0.3) is 11.8 Å². The standard InChI is InChI=1S/C52H54F3N7O7S2/c1-31-43(71-30-58-31)33-14-12-32(13-15-33)28-57-46(65)42-26-38(63)29-60(42)47(66)44(50(2,3)4)59-45(64)34-10-9-11-40(24-34)69-23-8-7-22-68-39-20-18-36(19-21-39)62-49(70)61(48(67)51(62,5)6)37-17-16-35(27-56)41(25-37)52(53,54)55/h9-21,24-25,30,38,42,44,63H,7-8,22-23,26,28-29H2,1-6H3,(H,57,65)(H,59,64)/t38-,42+,44-/m1/s1. The molecule has 4 aromatic carbocycles. The van der Waals surface area contributed by atoms with E-state index in [-0.39, 0.29) is 35.9 Å². The molecule has 71 heavy (non-hydrogen) atoms. The van der Waals surface area contributed by atoms with Gasteiger partial charge in [-0.2, -0.15) is 18.4 Å². The number of likely N-dealkylation sites (tertiary alicyclic amines) is 1. The van der Waals surface area contributed by atoms with E-state index in [4.69, 9.17) is 21.7 Å². The van der Waals surface area contributed by atoms with Crippen LogP contribution in [0.1, 0.15) is 86.6 Å². The molecule has 2 aliphatic rings. The number of rotatable bonds is 16. The van der Waals surface area contributed by atoms with Crippen molar-refractivity contribution in [1.82, 2.24) is 20.5 Å². The Labute approximate surface area is 419 Å². The Balaban J connectivity index is 0.884. The lowest BCUT2D eigenvalue weighted by molar-refractivity contribution is -0.142. The lowest BCUT2D eigenvalue weighted by atomic mass is 9.85. The van der Waals surface area contributed by atoms with Crippen molar-refractivity contribution in [3.8, 4) is 28.0 Å². The number of amides is 4. The second-order valence-electron chi connectivity index (χ2n) is 18.9. The molecule has 4 amide bonds. The Bertz CT molecular complexity index is 2840. The summed E-state index contributed by atoms with van der Waals surface area (Å²) in [7, 11) is 0. The summed E-state index contributed by atoms with van der Waals surface area (Å²) in [6, 6.07) is 23.8. The van der Waals surface area contributed by atoms with Crippen LogP contribution >= 0.6 is 23.6 Å². The summed E-state index contributed by atoms with van der Waals surface area (Å²) in [5, 5.41) is 25.7. The van der Waals surface area contributed by atoms with Crippen LogP contribution in [0.25, 0.3) is 10.4 Å². The van der Waals surface area contributed by atoms with E-state index in [1.807, 2.05) is 52.0 Å². The van der Waals surface area contributed by atoms with E-state index in [2.05, 4.69) is 15.6 Å². The molecule has 19 heteroatoms. The number of anilines is 2. The molecular weight excluding hydrogens is 956 g/mol.